The van der Waals surface area contributed by atoms with Crippen LogP contribution < -0.4 is 4.74 Å². The summed E-state index contributed by atoms with van der Waals surface area (Å²) in [5.41, 5.74) is 1.32. The Hall–Kier alpha value is -2.67. The molecule has 0 bridgehead atoms. The molecule has 4 heteroatoms. The number of benzene rings is 2. The van der Waals surface area contributed by atoms with Crippen LogP contribution in [0.4, 0.5) is 4.39 Å². The van der Waals surface area contributed by atoms with E-state index in [1.165, 1.54) is 69.2 Å². The molecule has 0 radical (unpaired) electrons. The second-order valence-corrected chi connectivity index (χ2v) is 8.94. The van der Waals surface area contributed by atoms with E-state index in [4.69, 9.17) is 10.00 Å². The average molecular weight is 422 g/mol. The first-order chi connectivity index (χ1) is 15.0. The molecule has 1 unspecified atom stereocenters. The molecule has 1 aliphatic carbocycles. The monoisotopic (exact) mass is 421 g/mol. The fraction of sp³-hybridized carbons (Fsp3) is 0.481. The van der Waals surface area contributed by atoms with Gasteiger partial charge in [-0.15, -0.1) is 0 Å². The maximum atomic E-state index is 14.6. The van der Waals surface area contributed by atoms with Gasteiger partial charge in [-0.25, -0.2) is 9.18 Å². The van der Waals surface area contributed by atoms with Gasteiger partial charge < -0.3 is 4.74 Å². The van der Waals surface area contributed by atoms with Gasteiger partial charge in [-0.1, -0.05) is 52.0 Å². The quantitative estimate of drug-likeness (QED) is 0.338. The molecule has 2 aromatic carbocycles. The Morgan fingerprint density at radius 1 is 1.16 bits per heavy atom. The van der Waals surface area contributed by atoms with Crippen molar-refractivity contribution in [2.45, 2.75) is 65.2 Å². The molecular formula is C27H32FNO2. The Labute approximate surface area is 185 Å². The Balaban J connectivity index is 1.55. The van der Waals surface area contributed by atoms with Gasteiger partial charge in [0.2, 0.25) is 0 Å². The van der Waals surface area contributed by atoms with E-state index in [0.29, 0.717) is 17.4 Å². The molecule has 1 atom stereocenters. The minimum atomic E-state index is -0.729. The minimum absolute atomic E-state index is 0.0720. The molecule has 0 aromatic heterocycles. The molecular weight excluding hydrogens is 389 g/mol. The summed E-state index contributed by atoms with van der Waals surface area (Å²) in [6.45, 7) is 4.52. The average Bonchev–Trinajstić information content (AvgIpc) is 2.78. The van der Waals surface area contributed by atoms with Gasteiger partial charge in [0.25, 0.3) is 0 Å². The number of nitrogens with zero attached hydrogens (tertiary/aromatic N) is 1. The van der Waals surface area contributed by atoms with Crippen LogP contribution in [0.5, 0.6) is 5.75 Å². The summed E-state index contributed by atoms with van der Waals surface area (Å²) in [7, 11) is 0. The third-order valence-corrected chi connectivity index (χ3v) is 6.67. The lowest BCUT2D eigenvalue weighted by Crippen LogP contribution is -2.21. The van der Waals surface area contributed by atoms with Crippen LogP contribution in [0.2, 0.25) is 0 Å². The van der Waals surface area contributed by atoms with Crippen molar-refractivity contribution in [3.63, 3.8) is 0 Å². The van der Waals surface area contributed by atoms with Gasteiger partial charge in [0.15, 0.2) is 0 Å². The molecule has 1 fully saturated rings. The molecule has 3 rings (SSSR count). The predicted octanol–water partition coefficient (Wildman–Crippen LogP) is 7.09. The zero-order valence-electron chi connectivity index (χ0n) is 18.6. The van der Waals surface area contributed by atoms with E-state index >= 15 is 0 Å². The second kappa shape index (κ2) is 11.1. The Morgan fingerprint density at radius 2 is 1.87 bits per heavy atom. The van der Waals surface area contributed by atoms with Crippen molar-refractivity contribution in [3.05, 3.63) is 65.0 Å². The SMILES string of the molecule is CCCCC1CCC(C(C)Cc2ccc(C(=O)Oc3ccc(C#N)cc3)c(F)c2)CC1. The Kier molecular flexibility index (Phi) is 8.23. The number of carbonyl (C=O) groups excluding carboxylic acids is 1. The number of halogens is 1. The number of hydrogen-bond donors (Lipinski definition) is 0. The van der Waals surface area contributed by atoms with Crippen molar-refractivity contribution in [2.75, 3.05) is 0 Å². The lowest BCUT2D eigenvalue weighted by atomic mass is 9.73. The number of unbranched alkanes of at least 4 members (excludes halogenated alkanes) is 1. The summed E-state index contributed by atoms with van der Waals surface area (Å²) in [6, 6.07) is 13.0. The third kappa shape index (κ3) is 6.40. The van der Waals surface area contributed by atoms with Crippen molar-refractivity contribution in [1.29, 1.82) is 5.26 Å². The van der Waals surface area contributed by atoms with E-state index in [-0.39, 0.29) is 11.3 Å². The van der Waals surface area contributed by atoms with E-state index in [1.54, 1.807) is 12.1 Å². The van der Waals surface area contributed by atoms with Crippen LogP contribution in [0.25, 0.3) is 0 Å². The summed E-state index contributed by atoms with van der Waals surface area (Å²) >= 11 is 0. The zero-order chi connectivity index (χ0) is 22.2. The molecule has 0 aliphatic heterocycles. The first kappa shape index (κ1) is 23.0. The highest BCUT2D eigenvalue weighted by molar-refractivity contribution is 5.91. The lowest BCUT2D eigenvalue weighted by Gasteiger charge is -2.32. The smallest absolute Gasteiger partial charge is 0.346 e. The predicted molar refractivity (Wildman–Crippen MR) is 120 cm³/mol. The van der Waals surface area contributed by atoms with E-state index in [9.17, 15) is 9.18 Å². The molecule has 0 saturated heterocycles. The first-order valence-corrected chi connectivity index (χ1v) is 11.5. The third-order valence-electron chi connectivity index (χ3n) is 6.67. The largest absolute Gasteiger partial charge is 0.423 e. The van der Waals surface area contributed by atoms with E-state index < -0.39 is 11.8 Å². The number of ether oxygens (including phenoxy) is 1. The van der Waals surface area contributed by atoms with Gasteiger partial charge in [-0.3, -0.25) is 0 Å². The standard InChI is InChI=1S/C27H32FNO2/c1-3-4-5-20-6-11-23(12-7-20)19(2)16-22-10-15-25(26(28)17-22)27(30)31-24-13-8-21(18-29)9-14-24/h8-10,13-15,17,19-20,23H,3-7,11-12,16H2,1-2H3. The molecule has 0 spiro atoms. The lowest BCUT2D eigenvalue weighted by molar-refractivity contribution is 0.0730. The number of carbonyl (C=O) groups is 1. The molecule has 0 amide bonds. The van der Waals surface area contributed by atoms with E-state index in [1.807, 2.05) is 12.1 Å². The summed E-state index contributed by atoms with van der Waals surface area (Å²) in [6.07, 6.45) is 9.99. The molecule has 1 saturated carbocycles. The highest BCUT2D eigenvalue weighted by atomic mass is 19.1. The maximum Gasteiger partial charge on any atom is 0.346 e. The summed E-state index contributed by atoms with van der Waals surface area (Å²) in [4.78, 5) is 12.3. The molecule has 31 heavy (non-hydrogen) atoms. The van der Waals surface area contributed by atoms with Crippen LogP contribution in [-0.2, 0) is 6.42 Å². The number of hydrogen-bond acceptors (Lipinski definition) is 3. The van der Waals surface area contributed by atoms with Crippen molar-refractivity contribution >= 4 is 5.97 Å². The van der Waals surface area contributed by atoms with Gasteiger partial charge >= 0.3 is 5.97 Å². The van der Waals surface area contributed by atoms with Gasteiger partial charge in [-0.05, 0) is 79.0 Å². The number of nitriles is 1. The second-order valence-electron chi connectivity index (χ2n) is 8.94. The highest BCUT2D eigenvalue weighted by Gasteiger charge is 2.25. The van der Waals surface area contributed by atoms with E-state index in [2.05, 4.69) is 13.8 Å². The maximum absolute atomic E-state index is 14.6. The van der Waals surface area contributed by atoms with Crippen molar-refractivity contribution < 1.29 is 13.9 Å². The molecule has 164 valence electrons. The Morgan fingerprint density at radius 3 is 2.48 bits per heavy atom. The fourth-order valence-corrected chi connectivity index (χ4v) is 4.69. The van der Waals surface area contributed by atoms with E-state index in [0.717, 1.165) is 17.9 Å². The summed E-state index contributed by atoms with van der Waals surface area (Å²) in [5, 5.41) is 8.83. The topological polar surface area (TPSA) is 50.1 Å². The molecule has 1 aliphatic rings. The molecule has 0 heterocycles. The minimum Gasteiger partial charge on any atom is -0.423 e. The van der Waals surface area contributed by atoms with Crippen molar-refractivity contribution in [2.24, 2.45) is 17.8 Å². The van der Waals surface area contributed by atoms with Gasteiger partial charge in [0.1, 0.15) is 11.6 Å². The van der Waals surface area contributed by atoms with Crippen LogP contribution in [0, 0.1) is 34.9 Å². The summed E-state index contributed by atoms with van der Waals surface area (Å²) in [5.74, 6) is 1.10. The summed E-state index contributed by atoms with van der Waals surface area (Å²) < 4.78 is 19.9. The Bertz CT molecular complexity index is 908. The van der Waals surface area contributed by atoms with Gasteiger partial charge in [-0.2, -0.15) is 5.26 Å². The van der Waals surface area contributed by atoms with Gasteiger partial charge in [0, 0.05) is 0 Å². The van der Waals surface area contributed by atoms with Crippen LogP contribution in [0.1, 0.15) is 80.3 Å². The van der Waals surface area contributed by atoms with Crippen LogP contribution in [-0.4, -0.2) is 5.97 Å². The molecule has 3 nitrogen and oxygen atoms in total. The number of esters is 1. The highest BCUT2D eigenvalue weighted by Crippen LogP contribution is 2.36. The molecule has 2 aromatic rings. The van der Waals surface area contributed by atoms with Crippen LogP contribution in [0.3, 0.4) is 0 Å². The van der Waals surface area contributed by atoms with Crippen molar-refractivity contribution in [1.82, 2.24) is 0 Å². The van der Waals surface area contributed by atoms with Crippen molar-refractivity contribution in [3.8, 4) is 11.8 Å². The normalized spacial score (nSPS) is 19.4. The fourth-order valence-electron chi connectivity index (χ4n) is 4.69. The first-order valence-electron chi connectivity index (χ1n) is 11.5. The zero-order valence-corrected chi connectivity index (χ0v) is 18.6. The molecule has 0 N–H and O–H groups in total. The van der Waals surface area contributed by atoms with Gasteiger partial charge in [0.05, 0.1) is 17.2 Å². The number of rotatable bonds is 8. The van der Waals surface area contributed by atoms with Crippen LogP contribution in [0.15, 0.2) is 42.5 Å². The van der Waals surface area contributed by atoms with Crippen LogP contribution >= 0.6 is 0 Å².